The molecule has 0 aliphatic heterocycles. The van der Waals surface area contributed by atoms with Gasteiger partial charge in [-0.25, -0.2) is 0 Å². The fourth-order valence-corrected chi connectivity index (χ4v) is 1.67. The fourth-order valence-electron chi connectivity index (χ4n) is 1.67. The molecule has 0 aliphatic carbocycles. The van der Waals surface area contributed by atoms with E-state index in [1.807, 2.05) is 32.9 Å². The highest BCUT2D eigenvalue weighted by atomic mass is 16.5. The number of methoxy groups -OCH3 is 1. The van der Waals surface area contributed by atoms with E-state index in [2.05, 4.69) is 17.4 Å². The van der Waals surface area contributed by atoms with Crippen LogP contribution in [0.3, 0.4) is 0 Å². The SMILES string of the molecule is COc1cc(C)c(-n2c#cc(C)n2)cc1C. The van der Waals surface area contributed by atoms with Crippen LogP contribution in [-0.2, 0) is 0 Å². The molecule has 0 unspecified atom stereocenters. The summed E-state index contributed by atoms with van der Waals surface area (Å²) < 4.78 is 6.99. The number of ether oxygens (including phenoxy) is 1. The molecule has 16 heavy (non-hydrogen) atoms. The van der Waals surface area contributed by atoms with Gasteiger partial charge in [-0.05, 0) is 50.1 Å². The van der Waals surface area contributed by atoms with Gasteiger partial charge >= 0.3 is 0 Å². The van der Waals surface area contributed by atoms with Gasteiger partial charge in [-0.1, -0.05) is 0 Å². The van der Waals surface area contributed by atoms with Gasteiger partial charge in [-0.15, -0.1) is 0 Å². The van der Waals surface area contributed by atoms with Crippen LogP contribution in [0.5, 0.6) is 5.75 Å². The summed E-state index contributed by atoms with van der Waals surface area (Å²) in [6.07, 6.45) is 2.97. The normalized spacial score (nSPS) is 10.0. The second kappa shape index (κ2) is 3.90. The Labute approximate surface area is 95.7 Å². The average Bonchev–Trinajstić information content (AvgIpc) is 2.67. The van der Waals surface area contributed by atoms with Crippen LogP contribution in [0.1, 0.15) is 16.8 Å². The number of rotatable bonds is 2. The molecular formula is C13H14N2O. The lowest BCUT2D eigenvalue weighted by Gasteiger charge is -2.10. The van der Waals surface area contributed by atoms with Crippen molar-refractivity contribution >= 4 is 0 Å². The first-order valence-electron chi connectivity index (χ1n) is 5.14. The zero-order valence-electron chi connectivity index (χ0n) is 9.96. The van der Waals surface area contributed by atoms with Gasteiger partial charge in [0.2, 0.25) is 0 Å². The summed E-state index contributed by atoms with van der Waals surface area (Å²) in [7, 11) is 1.68. The maximum atomic E-state index is 5.27. The number of benzene rings is 1. The third-order valence-corrected chi connectivity index (χ3v) is 2.53. The highest BCUT2D eigenvalue weighted by molar-refractivity contribution is 5.48. The molecule has 3 heteroatoms. The van der Waals surface area contributed by atoms with E-state index in [-0.39, 0.29) is 0 Å². The van der Waals surface area contributed by atoms with Crippen LogP contribution in [-0.4, -0.2) is 16.9 Å². The summed E-state index contributed by atoms with van der Waals surface area (Å²) in [5.41, 5.74) is 4.05. The van der Waals surface area contributed by atoms with Crippen LogP contribution in [0.2, 0.25) is 0 Å². The highest BCUT2D eigenvalue weighted by Crippen LogP contribution is 2.24. The number of aromatic nitrogens is 2. The van der Waals surface area contributed by atoms with Gasteiger partial charge in [0.1, 0.15) is 11.4 Å². The predicted octanol–water partition coefficient (Wildman–Crippen LogP) is 2.41. The third-order valence-electron chi connectivity index (χ3n) is 2.53. The standard InChI is InChI=1S/C13H14N2O/c1-9-8-13(16-4)10(2)7-12(9)15-6-5-11(3)14-15/h7-8H,1-4H3. The topological polar surface area (TPSA) is 27.1 Å². The molecule has 1 aromatic heterocycles. The van der Waals surface area contributed by atoms with Crippen molar-refractivity contribution in [3.05, 3.63) is 41.2 Å². The molecule has 0 radical (unpaired) electrons. The fraction of sp³-hybridized carbons (Fsp3) is 0.308. The molecule has 0 saturated heterocycles. The Bertz CT molecular complexity index is 515. The van der Waals surface area contributed by atoms with E-state index < -0.39 is 0 Å². The van der Waals surface area contributed by atoms with Crippen LogP contribution < -0.4 is 4.74 Å². The molecule has 82 valence electrons. The number of hydrogen-bond donors (Lipinski definition) is 0. The van der Waals surface area contributed by atoms with E-state index in [1.165, 1.54) is 0 Å². The van der Waals surface area contributed by atoms with Crippen LogP contribution in [0, 0.1) is 33.0 Å². The molecule has 0 saturated carbocycles. The molecule has 0 amide bonds. The van der Waals surface area contributed by atoms with E-state index in [9.17, 15) is 0 Å². The van der Waals surface area contributed by atoms with Crippen LogP contribution in [0.25, 0.3) is 5.69 Å². The molecule has 0 aliphatic rings. The minimum Gasteiger partial charge on any atom is -0.496 e. The average molecular weight is 214 g/mol. The minimum absolute atomic E-state index is 0.841. The zero-order chi connectivity index (χ0) is 11.7. The van der Waals surface area contributed by atoms with Crippen molar-refractivity contribution in [2.75, 3.05) is 7.11 Å². The Morgan fingerprint density at radius 1 is 1.19 bits per heavy atom. The summed E-state index contributed by atoms with van der Waals surface area (Å²) >= 11 is 0. The van der Waals surface area contributed by atoms with Gasteiger partial charge in [0.05, 0.1) is 12.8 Å². The van der Waals surface area contributed by atoms with Crippen LogP contribution in [0.15, 0.2) is 12.1 Å². The molecule has 0 fully saturated rings. The lowest BCUT2D eigenvalue weighted by molar-refractivity contribution is 0.411. The summed E-state index contributed by atoms with van der Waals surface area (Å²) in [4.78, 5) is 0. The predicted molar refractivity (Wildman–Crippen MR) is 62.0 cm³/mol. The van der Waals surface area contributed by atoms with Crippen LogP contribution >= 0.6 is 0 Å². The van der Waals surface area contributed by atoms with Crippen molar-refractivity contribution in [2.24, 2.45) is 0 Å². The van der Waals surface area contributed by atoms with Gasteiger partial charge in [0.15, 0.2) is 0 Å². The van der Waals surface area contributed by atoms with E-state index in [0.717, 1.165) is 28.3 Å². The van der Waals surface area contributed by atoms with Crippen LogP contribution in [0.4, 0.5) is 0 Å². The van der Waals surface area contributed by atoms with Crippen molar-refractivity contribution in [1.29, 1.82) is 0 Å². The first kappa shape index (κ1) is 10.6. The second-order valence-electron chi connectivity index (χ2n) is 3.84. The first-order valence-corrected chi connectivity index (χ1v) is 5.14. The zero-order valence-corrected chi connectivity index (χ0v) is 9.96. The molecule has 0 atom stereocenters. The molecule has 3 nitrogen and oxygen atoms in total. The van der Waals surface area contributed by atoms with E-state index in [4.69, 9.17) is 4.74 Å². The molecule has 2 rings (SSSR count). The van der Waals surface area contributed by atoms with Gasteiger partial charge in [0.25, 0.3) is 0 Å². The first-order chi connectivity index (χ1) is 7.61. The van der Waals surface area contributed by atoms with Crippen molar-refractivity contribution < 1.29 is 4.74 Å². The Kier molecular flexibility index (Phi) is 2.57. The minimum atomic E-state index is 0.841. The smallest absolute Gasteiger partial charge is 0.122 e. The Hall–Kier alpha value is -1.95. The monoisotopic (exact) mass is 214 g/mol. The largest absolute Gasteiger partial charge is 0.496 e. The molecule has 2 aromatic rings. The Balaban J connectivity index is 2.54. The van der Waals surface area contributed by atoms with Crippen molar-refractivity contribution in [3.8, 4) is 11.4 Å². The Morgan fingerprint density at radius 3 is 2.50 bits per heavy atom. The highest BCUT2D eigenvalue weighted by Gasteiger charge is 2.07. The molecule has 0 bridgehead atoms. The Morgan fingerprint density at radius 2 is 1.94 bits per heavy atom. The second-order valence-corrected chi connectivity index (χ2v) is 3.84. The van der Waals surface area contributed by atoms with Crippen molar-refractivity contribution in [1.82, 2.24) is 9.78 Å². The lowest BCUT2D eigenvalue weighted by atomic mass is 10.1. The number of nitrogens with zero attached hydrogens (tertiary/aromatic N) is 2. The lowest BCUT2D eigenvalue weighted by Crippen LogP contribution is -2.00. The van der Waals surface area contributed by atoms with Gasteiger partial charge < -0.3 is 4.74 Å². The summed E-state index contributed by atoms with van der Waals surface area (Å²) in [6, 6.07) is 6.99. The van der Waals surface area contributed by atoms with Gasteiger partial charge in [-0.3, -0.25) is 0 Å². The maximum absolute atomic E-state index is 5.27. The van der Waals surface area contributed by atoms with E-state index >= 15 is 0 Å². The van der Waals surface area contributed by atoms with E-state index in [1.54, 1.807) is 11.8 Å². The van der Waals surface area contributed by atoms with Crippen molar-refractivity contribution in [2.45, 2.75) is 20.8 Å². The molecular weight excluding hydrogens is 200 g/mol. The molecule has 0 spiro atoms. The summed E-state index contributed by atoms with van der Waals surface area (Å²) in [5.74, 6) is 0.897. The van der Waals surface area contributed by atoms with Gasteiger partial charge in [-0.2, -0.15) is 9.78 Å². The van der Waals surface area contributed by atoms with Gasteiger partial charge in [0, 0.05) is 6.20 Å². The number of hydrogen-bond acceptors (Lipinski definition) is 2. The molecule has 1 heterocycles. The van der Waals surface area contributed by atoms with E-state index in [0.29, 0.717) is 0 Å². The molecule has 1 aromatic carbocycles. The summed E-state index contributed by atoms with van der Waals surface area (Å²) in [5, 5.41) is 4.30. The summed E-state index contributed by atoms with van der Waals surface area (Å²) in [6.45, 7) is 5.95. The third kappa shape index (κ3) is 1.74. The maximum Gasteiger partial charge on any atom is 0.122 e. The quantitative estimate of drug-likeness (QED) is 0.767. The number of aryl methyl sites for hydroxylation is 3. The van der Waals surface area contributed by atoms with Crippen molar-refractivity contribution in [3.63, 3.8) is 0 Å². The molecule has 0 N–H and O–H groups in total.